The van der Waals surface area contributed by atoms with Crippen molar-refractivity contribution >= 4 is 27.5 Å². The largest absolute Gasteiger partial charge is 0.348 e. The molecule has 30 heavy (non-hydrogen) atoms. The predicted octanol–water partition coefficient (Wildman–Crippen LogP) is 1.52. The molecule has 2 heterocycles. The molecule has 0 aliphatic carbocycles. The summed E-state index contributed by atoms with van der Waals surface area (Å²) in [4.78, 5) is 27.8. The van der Waals surface area contributed by atoms with Gasteiger partial charge in [-0.05, 0) is 43.0 Å². The van der Waals surface area contributed by atoms with Crippen molar-refractivity contribution in [1.29, 1.82) is 0 Å². The minimum Gasteiger partial charge on any atom is -0.348 e. The first kappa shape index (κ1) is 21.8. The summed E-state index contributed by atoms with van der Waals surface area (Å²) >= 11 is 0. The quantitative estimate of drug-likeness (QED) is 0.688. The summed E-state index contributed by atoms with van der Waals surface area (Å²) in [5.74, 6) is -4.11. The second kappa shape index (κ2) is 9.26. The van der Waals surface area contributed by atoms with Crippen LogP contribution in [-0.2, 0) is 19.6 Å². The number of nitrogens with one attached hydrogen (secondary N) is 2. The number of nitrogens with zero attached hydrogens (tertiary/aromatic N) is 2. The van der Waals surface area contributed by atoms with Crippen LogP contribution in [0.4, 0.5) is 14.5 Å². The Morgan fingerprint density at radius 2 is 1.83 bits per heavy atom. The number of carbonyl (C=O) groups is 2. The molecule has 0 saturated carbocycles. The fourth-order valence-electron chi connectivity index (χ4n) is 3.08. The topological polar surface area (TPSA) is 108 Å². The molecule has 0 bridgehead atoms. The number of piperidine rings is 1. The number of carbonyl (C=O) groups excluding carboxylic acids is 2. The highest BCUT2D eigenvalue weighted by molar-refractivity contribution is 7.89. The molecule has 1 aliphatic heterocycles. The summed E-state index contributed by atoms with van der Waals surface area (Å²) in [6, 6.07) is 5.80. The summed E-state index contributed by atoms with van der Waals surface area (Å²) < 4.78 is 52.6. The van der Waals surface area contributed by atoms with E-state index < -0.39 is 33.5 Å². The van der Waals surface area contributed by atoms with Gasteiger partial charge in [0.2, 0.25) is 10.0 Å². The first-order chi connectivity index (χ1) is 14.3. The van der Waals surface area contributed by atoms with Crippen LogP contribution >= 0.6 is 0 Å². The third kappa shape index (κ3) is 5.16. The zero-order chi connectivity index (χ0) is 21.7. The molecule has 0 unspecified atom stereocenters. The summed E-state index contributed by atoms with van der Waals surface area (Å²) in [5.41, 5.74) is -0.0389. The molecule has 0 spiro atoms. The van der Waals surface area contributed by atoms with Crippen LogP contribution in [0, 0.1) is 17.6 Å². The van der Waals surface area contributed by atoms with Gasteiger partial charge in [-0.2, -0.15) is 4.31 Å². The van der Waals surface area contributed by atoms with E-state index >= 15 is 0 Å². The van der Waals surface area contributed by atoms with Crippen LogP contribution in [-0.4, -0.2) is 49.2 Å². The first-order valence-corrected chi connectivity index (χ1v) is 10.7. The van der Waals surface area contributed by atoms with Gasteiger partial charge in [0.15, 0.2) is 11.6 Å². The van der Waals surface area contributed by atoms with Crippen LogP contribution in [0.25, 0.3) is 0 Å². The van der Waals surface area contributed by atoms with E-state index in [2.05, 4.69) is 15.6 Å². The number of benzene rings is 1. The highest BCUT2D eigenvalue weighted by Crippen LogP contribution is 2.23. The Bertz CT molecular complexity index is 1030. The Morgan fingerprint density at radius 1 is 1.10 bits per heavy atom. The second-order valence-corrected chi connectivity index (χ2v) is 8.77. The summed E-state index contributed by atoms with van der Waals surface area (Å²) in [6.45, 7) is 0.780. The number of hydrogen-bond acceptors (Lipinski definition) is 5. The van der Waals surface area contributed by atoms with Gasteiger partial charge in [-0.3, -0.25) is 14.6 Å². The normalized spacial score (nSPS) is 15.5. The minimum absolute atomic E-state index is 0.00497. The van der Waals surface area contributed by atoms with Crippen molar-refractivity contribution in [2.45, 2.75) is 17.7 Å². The number of halogens is 2. The smallest absolute Gasteiger partial charge is 0.313 e. The van der Waals surface area contributed by atoms with E-state index in [1.807, 2.05) is 0 Å². The molecule has 0 radical (unpaired) electrons. The van der Waals surface area contributed by atoms with Gasteiger partial charge < -0.3 is 10.6 Å². The van der Waals surface area contributed by atoms with E-state index in [1.165, 1.54) is 22.8 Å². The SMILES string of the molecule is O=C(NCC1CCN(S(=O)(=O)c2cccnc2)CC1)C(=O)Nc1ccc(F)c(F)c1. The average Bonchev–Trinajstić information content (AvgIpc) is 2.75. The molecule has 160 valence electrons. The minimum atomic E-state index is -3.61. The van der Waals surface area contributed by atoms with Gasteiger partial charge in [0.05, 0.1) is 0 Å². The zero-order valence-corrected chi connectivity index (χ0v) is 16.7. The number of rotatable bonds is 5. The number of hydrogen-bond donors (Lipinski definition) is 2. The standard InChI is InChI=1S/C19H20F2N4O4S/c20-16-4-3-14(10-17(16)21)24-19(27)18(26)23-11-13-5-8-25(9-6-13)30(28,29)15-2-1-7-22-12-15/h1-4,7,10,12-13H,5-6,8-9,11H2,(H,23,26)(H,24,27). The molecule has 2 amide bonds. The monoisotopic (exact) mass is 438 g/mol. The molecule has 1 aromatic carbocycles. The van der Waals surface area contributed by atoms with Gasteiger partial charge in [-0.1, -0.05) is 0 Å². The third-order valence-electron chi connectivity index (χ3n) is 4.78. The van der Waals surface area contributed by atoms with Crippen molar-refractivity contribution in [3.05, 3.63) is 54.4 Å². The maximum Gasteiger partial charge on any atom is 0.313 e. The highest BCUT2D eigenvalue weighted by atomic mass is 32.2. The van der Waals surface area contributed by atoms with Crippen molar-refractivity contribution in [2.75, 3.05) is 25.0 Å². The fourth-order valence-corrected chi connectivity index (χ4v) is 4.52. The fraction of sp³-hybridized carbons (Fsp3) is 0.316. The second-order valence-electron chi connectivity index (χ2n) is 6.83. The maximum atomic E-state index is 13.2. The number of anilines is 1. The van der Waals surface area contributed by atoms with Gasteiger partial charge in [0.1, 0.15) is 4.90 Å². The lowest BCUT2D eigenvalue weighted by Crippen LogP contribution is -2.43. The zero-order valence-electron chi connectivity index (χ0n) is 15.8. The third-order valence-corrected chi connectivity index (χ3v) is 6.66. The summed E-state index contributed by atoms with van der Waals surface area (Å²) in [7, 11) is -3.61. The van der Waals surface area contributed by atoms with Crippen LogP contribution in [0.2, 0.25) is 0 Å². The number of amides is 2. The maximum absolute atomic E-state index is 13.2. The van der Waals surface area contributed by atoms with Crippen molar-refractivity contribution in [3.63, 3.8) is 0 Å². The molecule has 1 aliphatic rings. The van der Waals surface area contributed by atoms with Crippen molar-refractivity contribution in [3.8, 4) is 0 Å². The molecule has 3 rings (SSSR count). The molecule has 2 aromatic rings. The molecule has 1 saturated heterocycles. The molecular formula is C19H20F2N4O4S. The number of pyridine rings is 1. The molecule has 0 atom stereocenters. The highest BCUT2D eigenvalue weighted by Gasteiger charge is 2.30. The van der Waals surface area contributed by atoms with Crippen molar-refractivity contribution in [2.24, 2.45) is 5.92 Å². The Hall–Kier alpha value is -2.92. The van der Waals surface area contributed by atoms with Gasteiger partial charge in [-0.25, -0.2) is 17.2 Å². The molecule has 2 N–H and O–H groups in total. The van der Waals surface area contributed by atoms with Gasteiger partial charge in [0.25, 0.3) is 0 Å². The van der Waals surface area contributed by atoms with E-state index in [9.17, 15) is 26.8 Å². The molecule has 1 aromatic heterocycles. The predicted molar refractivity (Wildman–Crippen MR) is 104 cm³/mol. The molecule has 8 nitrogen and oxygen atoms in total. The number of sulfonamides is 1. The van der Waals surface area contributed by atoms with Gasteiger partial charge in [-0.15, -0.1) is 0 Å². The lowest BCUT2D eigenvalue weighted by atomic mass is 9.98. The summed E-state index contributed by atoms with van der Waals surface area (Å²) in [6.07, 6.45) is 3.83. The van der Waals surface area contributed by atoms with E-state index in [4.69, 9.17) is 0 Å². The van der Waals surface area contributed by atoms with Crippen LogP contribution in [0.15, 0.2) is 47.6 Å². The van der Waals surface area contributed by atoms with E-state index in [-0.39, 0.29) is 23.0 Å². The Labute approximate surface area is 172 Å². The average molecular weight is 438 g/mol. The van der Waals surface area contributed by atoms with Crippen LogP contribution in [0.5, 0.6) is 0 Å². The molecule has 11 heteroatoms. The van der Waals surface area contributed by atoms with E-state index in [1.54, 1.807) is 6.07 Å². The Morgan fingerprint density at radius 3 is 2.47 bits per heavy atom. The van der Waals surface area contributed by atoms with Crippen LogP contribution < -0.4 is 10.6 Å². The lowest BCUT2D eigenvalue weighted by Gasteiger charge is -2.31. The van der Waals surface area contributed by atoms with Crippen LogP contribution in [0.3, 0.4) is 0 Å². The van der Waals surface area contributed by atoms with Gasteiger partial charge in [0, 0.05) is 43.8 Å². The van der Waals surface area contributed by atoms with Gasteiger partial charge >= 0.3 is 11.8 Å². The molecule has 1 fully saturated rings. The summed E-state index contributed by atoms with van der Waals surface area (Å²) in [5, 5.41) is 4.68. The van der Waals surface area contributed by atoms with Crippen molar-refractivity contribution in [1.82, 2.24) is 14.6 Å². The van der Waals surface area contributed by atoms with E-state index in [0.717, 1.165) is 18.2 Å². The lowest BCUT2D eigenvalue weighted by molar-refractivity contribution is -0.136. The van der Waals surface area contributed by atoms with E-state index in [0.29, 0.717) is 25.9 Å². The number of aromatic nitrogens is 1. The van der Waals surface area contributed by atoms with Crippen LogP contribution in [0.1, 0.15) is 12.8 Å². The Balaban J connectivity index is 1.46. The Kier molecular flexibility index (Phi) is 6.73. The molecular weight excluding hydrogens is 418 g/mol. The van der Waals surface area contributed by atoms with Crippen molar-refractivity contribution < 1.29 is 26.8 Å². The first-order valence-electron chi connectivity index (χ1n) is 9.22.